The maximum absolute atomic E-state index is 12.8. The maximum atomic E-state index is 12.8. The van der Waals surface area contributed by atoms with E-state index in [4.69, 9.17) is 0 Å². The number of hydrogen-bond donors (Lipinski definition) is 1. The van der Waals surface area contributed by atoms with Gasteiger partial charge in [-0.1, -0.05) is 0 Å². The topological polar surface area (TPSA) is 54.5 Å². The van der Waals surface area contributed by atoms with Gasteiger partial charge >= 0.3 is 18.4 Å². The third kappa shape index (κ3) is 6.17. The predicted octanol–water partition coefficient (Wildman–Crippen LogP) is 3.90. The molecule has 27 heavy (non-hydrogen) atoms. The fourth-order valence-electron chi connectivity index (χ4n) is 2.50. The van der Waals surface area contributed by atoms with Crippen molar-refractivity contribution in [1.82, 2.24) is 15.2 Å². The highest BCUT2D eigenvalue weighted by atomic mass is 19.4. The van der Waals surface area contributed by atoms with E-state index in [0.717, 1.165) is 0 Å². The molecule has 1 aliphatic rings. The Balaban J connectivity index is 1.80. The second kappa shape index (κ2) is 7.81. The van der Waals surface area contributed by atoms with Crippen molar-refractivity contribution in [3.8, 4) is 5.88 Å². The lowest BCUT2D eigenvalue weighted by Gasteiger charge is -2.21. The molecule has 11 heteroatoms. The van der Waals surface area contributed by atoms with E-state index in [1.54, 1.807) is 0 Å². The van der Waals surface area contributed by atoms with E-state index < -0.39 is 30.4 Å². The first-order valence-corrected chi connectivity index (χ1v) is 8.12. The molecule has 5 nitrogen and oxygen atoms in total. The van der Waals surface area contributed by atoms with Crippen LogP contribution in [0.15, 0.2) is 18.3 Å². The van der Waals surface area contributed by atoms with Gasteiger partial charge in [0.05, 0.1) is 5.41 Å². The number of nitrogens with zero attached hydrogens (tertiary/aromatic N) is 2. The quantitative estimate of drug-likeness (QED) is 0.708. The minimum absolute atomic E-state index is 0.0289. The normalized spacial score (nSPS) is 16.0. The van der Waals surface area contributed by atoms with E-state index in [2.05, 4.69) is 15.0 Å². The van der Waals surface area contributed by atoms with Crippen molar-refractivity contribution in [1.29, 1.82) is 0 Å². The summed E-state index contributed by atoms with van der Waals surface area (Å²) in [5, 5.41) is 2.42. The summed E-state index contributed by atoms with van der Waals surface area (Å²) < 4.78 is 79.5. The number of carbonyl (C=O) groups is 1. The molecule has 0 bridgehead atoms. The number of amides is 2. The van der Waals surface area contributed by atoms with Crippen molar-refractivity contribution in [3.63, 3.8) is 0 Å². The van der Waals surface area contributed by atoms with E-state index in [9.17, 15) is 31.1 Å². The van der Waals surface area contributed by atoms with Crippen LogP contribution in [0, 0.1) is 5.41 Å². The molecule has 2 rings (SSSR count). The van der Waals surface area contributed by atoms with Crippen molar-refractivity contribution in [2.45, 2.75) is 38.2 Å². The van der Waals surface area contributed by atoms with Gasteiger partial charge in [0.25, 0.3) is 0 Å². The third-order valence-corrected chi connectivity index (χ3v) is 4.28. The zero-order valence-corrected chi connectivity index (χ0v) is 14.5. The van der Waals surface area contributed by atoms with Gasteiger partial charge in [0.2, 0.25) is 5.88 Å². The number of hydrogen-bond acceptors (Lipinski definition) is 3. The molecule has 1 aromatic rings. The Morgan fingerprint density at radius 1 is 1.30 bits per heavy atom. The molecular formula is C16H19F6N3O2. The number of urea groups is 1. The highest BCUT2D eigenvalue weighted by Gasteiger charge is 2.62. The second-order valence-electron chi connectivity index (χ2n) is 6.52. The molecule has 0 radical (unpaired) electrons. The van der Waals surface area contributed by atoms with E-state index in [1.807, 2.05) is 0 Å². The highest BCUT2D eigenvalue weighted by molar-refractivity contribution is 5.73. The van der Waals surface area contributed by atoms with Crippen molar-refractivity contribution >= 4 is 6.03 Å². The second-order valence-corrected chi connectivity index (χ2v) is 6.52. The van der Waals surface area contributed by atoms with Crippen molar-refractivity contribution in [2.75, 3.05) is 20.2 Å². The van der Waals surface area contributed by atoms with Gasteiger partial charge in [-0.05, 0) is 30.9 Å². The number of alkyl halides is 6. The van der Waals surface area contributed by atoms with E-state index in [0.29, 0.717) is 5.56 Å². The first-order chi connectivity index (χ1) is 12.4. The van der Waals surface area contributed by atoms with Gasteiger partial charge in [-0.3, -0.25) is 0 Å². The van der Waals surface area contributed by atoms with Gasteiger partial charge in [-0.25, -0.2) is 9.78 Å². The predicted molar refractivity (Wildman–Crippen MR) is 83.0 cm³/mol. The van der Waals surface area contributed by atoms with Crippen LogP contribution < -0.4 is 10.1 Å². The van der Waals surface area contributed by atoms with Gasteiger partial charge < -0.3 is 15.0 Å². The van der Waals surface area contributed by atoms with Crippen LogP contribution in [0.1, 0.15) is 24.8 Å². The Kier molecular flexibility index (Phi) is 6.10. The highest BCUT2D eigenvalue weighted by Crippen LogP contribution is 2.59. The number of halogens is 6. The Bertz CT molecular complexity index is 658. The lowest BCUT2D eigenvalue weighted by Crippen LogP contribution is -2.39. The fourth-order valence-corrected chi connectivity index (χ4v) is 2.50. The van der Waals surface area contributed by atoms with Crippen molar-refractivity contribution in [3.05, 3.63) is 23.9 Å². The maximum Gasteiger partial charge on any atom is 0.422 e. The summed E-state index contributed by atoms with van der Waals surface area (Å²) in [5.74, 6) is -0.237. The van der Waals surface area contributed by atoms with Crippen molar-refractivity contribution in [2.24, 2.45) is 5.41 Å². The van der Waals surface area contributed by atoms with Gasteiger partial charge in [0, 0.05) is 32.4 Å². The summed E-state index contributed by atoms with van der Waals surface area (Å²) >= 11 is 0. The zero-order valence-electron chi connectivity index (χ0n) is 14.5. The smallest absolute Gasteiger partial charge is 0.422 e. The lowest BCUT2D eigenvalue weighted by molar-refractivity contribution is -0.188. The first-order valence-electron chi connectivity index (χ1n) is 8.12. The SMILES string of the molecule is CN(Cc1ccnc(OCC(F)(F)F)c1)C(=O)NCCC1(C(F)(F)F)CC1. The van der Waals surface area contributed by atoms with Gasteiger partial charge in [-0.2, -0.15) is 26.3 Å². The molecule has 0 aliphatic heterocycles. The molecule has 0 atom stereocenters. The van der Waals surface area contributed by atoms with E-state index in [-0.39, 0.29) is 38.2 Å². The third-order valence-electron chi connectivity index (χ3n) is 4.28. The fraction of sp³-hybridized carbons (Fsp3) is 0.625. The number of pyridine rings is 1. The summed E-state index contributed by atoms with van der Waals surface area (Å²) in [6.45, 7) is -1.57. The molecule has 1 saturated carbocycles. The molecule has 1 heterocycles. The van der Waals surface area contributed by atoms with Crippen LogP contribution in [0.3, 0.4) is 0 Å². The minimum atomic E-state index is -4.50. The van der Waals surface area contributed by atoms with Gasteiger partial charge in [0.1, 0.15) is 0 Å². The molecule has 0 unspecified atom stereocenters. The zero-order chi connectivity index (χ0) is 20.3. The molecule has 0 spiro atoms. The van der Waals surface area contributed by atoms with Crippen LogP contribution in [0.25, 0.3) is 0 Å². The molecule has 1 aliphatic carbocycles. The molecular weight excluding hydrogens is 380 g/mol. The van der Waals surface area contributed by atoms with Crippen LogP contribution in [-0.4, -0.2) is 48.5 Å². The first kappa shape index (κ1) is 21.1. The number of nitrogens with one attached hydrogen (secondary N) is 1. The standard InChI is InChI=1S/C16H19F6N3O2/c1-25(13(26)24-7-5-14(3-4-14)16(20,21)22)9-11-2-6-23-12(8-11)27-10-15(17,18)19/h2,6,8H,3-5,7,9-10H2,1H3,(H,24,26). The largest absolute Gasteiger partial charge is 0.468 e. The molecule has 2 amide bonds. The van der Waals surface area contributed by atoms with Crippen LogP contribution in [0.5, 0.6) is 5.88 Å². The number of ether oxygens (including phenoxy) is 1. The summed E-state index contributed by atoms with van der Waals surface area (Å²) in [5.41, 5.74) is -1.22. The summed E-state index contributed by atoms with van der Waals surface area (Å²) in [6, 6.07) is 2.17. The molecule has 1 aromatic heterocycles. The summed E-state index contributed by atoms with van der Waals surface area (Å²) in [4.78, 5) is 16.8. The Labute approximate surface area is 151 Å². The minimum Gasteiger partial charge on any atom is -0.468 e. The average molecular weight is 399 g/mol. The number of aromatic nitrogens is 1. The van der Waals surface area contributed by atoms with E-state index >= 15 is 0 Å². The molecule has 152 valence electrons. The molecule has 1 fully saturated rings. The monoisotopic (exact) mass is 399 g/mol. The van der Waals surface area contributed by atoms with Gasteiger partial charge in [0.15, 0.2) is 6.61 Å². The van der Waals surface area contributed by atoms with Crippen LogP contribution in [-0.2, 0) is 6.54 Å². The summed E-state index contributed by atoms with van der Waals surface area (Å²) in [7, 11) is 1.42. The Morgan fingerprint density at radius 3 is 2.52 bits per heavy atom. The average Bonchev–Trinajstić information content (AvgIpc) is 3.33. The van der Waals surface area contributed by atoms with Gasteiger partial charge in [-0.15, -0.1) is 0 Å². The number of rotatable bonds is 7. The molecule has 1 N–H and O–H groups in total. The van der Waals surface area contributed by atoms with Crippen LogP contribution >= 0.6 is 0 Å². The molecule has 0 saturated heterocycles. The summed E-state index contributed by atoms with van der Waals surface area (Å²) in [6.07, 6.45) is -7.56. The van der Waals surface area contributed by atoms with E-state index in [1.165, 1.54) is 30.3 Å². The van der Waals surface area contributed by atoms with Crippen LogP contribution in [0.2, 0.25) is 0 Å². The number of carbonyl (C=O) groups excluding carboxylic acids is 1. The van der Waals surface area contributed by atoms with Crippen LogP contribution in [0.4, 0.5) is 31.1 Å². The molecule has 0 aromatic carbocycles. The lowest BCUT2D eigenvalue weighted by atomic mass is 10.0. The Hall–Kier alpha value is -2.20. The Morgan fingerprint density at radius 2 is 1.96 bits per heavy atom. The van der Waals surface area contributed by atoms with Crippen molar-refractivity contribution < 1.29 is 35.9 Å².